The maximum absolute atomic E-state index is 11.0. The van der Waals surface area contributed by atoms with Crippen LogP contribution in [0.4, 0.5) is 5.13 Å². The molecule has 1 N–H and O–H groups in total. The Hall–Kier alpha value is -1.10. The Morgan fingerprint density at radius 2 is 2.20 bits per heavy atom. The number of carbonyl (C=O) groups is 1. The molecule has 1 unspecified atom stereocenters. The van der Waals surface area contributed by atoms with Crippen molar-refractivity contribution >= 4 is 22.4 Å². The number of carboxylic acid groups (broad SMARTS) is 1. The molecule has 15 heavy (non-hydrogen) atoms. The van der Waals surface area contributed by atoms with Gasteiger partial charge in [-0.05, 0) is 20.3 Å². The molecule has 84 valence electrons. The molecule has 5 heteroatoms. The van der Waals surface area contributed by atoms with Crippen LogP contribution in [0.5, 0.6) is 0 Å². The summed E-state index contributed by atoms with van der Waals surface area (Å²) < 4.78 is 0. The predicted molar refractivity (Wildman–Crippen MR) is 61.7 cm³/mol. The van der Waals surface area contributed by atoms with E-state index in [9.17, 15) is 4.79 Å². The van der Waals surface area contributed by atoms with Gasteiger partial charge in [0.05, 0.1) is 5.69 Å². The van der Waals surface area contributed by atoms with Gasteiger partial charge in [0.1, 0.15) is 6.04 Å². The molecule has 0 saturated heterocycles. The van der Waals surface area contributed by atoms with Gasteiger partial charge in [0.2, 0.25) is 0 Å². The van der Waals surface area contributed by atoms with Crippen molar-refractivity contribution in [2.75, 3.05) is 11.9 Å². The van der Waals surface area contributed by atoms with Crippen LogP contribution in [0.2, 0.25) is 0 Å². The first-order valence-electron chi connectivity index (χ1n) is 4.87. The number of aromatic nitrogens is 1. The molecule has 0 aliphatic rings. The number of rotatable bonds is 4. The number of aliphatic carboxylic acids is 1. The van der Waals surface area contributed by atoms with Crippen LogP contribution in [-0.2, 0) is 4.79 Å². The highest BCUT2D eigenvalue weighted by Crippen LogP contribution is 2.26. The van der Waals surface area contributed by atoms with Crippen molar-refractivity contribution in [2.45, 2.75) is 33.2 Å². The van der Waals surface area contributed by atoms with Gasteiger partial charge in [0.15, 0.2) is 5.13 Å². The molecule has 1 atom stereocenters. The zero-order valence-corrected chi connectivity index (χ0v) is 10.3. The van der Waals surface area contributed by atoms with Crippen molar-refractivity contribution in [1.82, 2.24) is 4.98 Å². The van der Waals surface area contributed by atoms with Crippen molar-refractivity contribution in [2.24, 2.45) is 0 Å². The third-order valence-corrected chi connectivity index (χ3v) is 3.62. The lowest BCUT2D eigenvalue weighted by molar-refractivity contribution is -0.138. The highest BCUT2D eigenvalue weighted by molar-refractivity contribution is 7.15. The topological polar surface area (TPSA) is 53.4 Å². The molecule has 4 nitrogen and oxygen atoms in total. The molecule has 0 aromatic carbocycles. The monoisotopic (exact) mass is 228 g/mol. The third-order valence-electron chi connectivity index (χ3n) is 2.46. The van der Waals surface area contributed by atoms with E-state index in [1.165, 1.54) is 11.3 Å². The minimum absolute atomic E-state index is 0.491. The van der Waals surface area contributed by atoms with Crippen LogP contribution < -0.4 is 4.90 Å². The maximum Gasteiger partial charge on any atom is 0.326 e. The summed E-state index contributed by atoms with van der Waals surface area (Å²) >= 11 is 1.54. The maximum atomic E-state index is 11.0. The second-order valence-electron chi connectivity index (χ2n) is 3.51. The van der Waals surface area contributed by atoms with E-state index >= 15 is 0 Å². The lowest BCUT2D eigenvalue weighted by Crippen LogP contribution is -2.37. The molecule has 1 heterocycles. The number of hydrogen-bond acceptors (Lipinski definition) is 4. The average molecular weight is 228 g/mol. The normalized spacial score (nSPS) is 12.5. The zero-order valence-electron chi connectivity index (χ0n) is 9.44. The van der Waals surface area contributed by atoms with Crippen LogP contribution in [0, 0.1) is 13.8 Å². The largest absolute Gasteiger partial charge is 0.480 e. The first kappa shape index (κ1) is 12.0. The SMILES string of the molecule is CCC(C(=O)O)N(C)c1nc(C)c(C)s1. The van der Waals surface area contributed by atoms with Gasteiger partial charge in [-0.1, -0.05) is 6.92 Å². The quantitative estimate of drug-likeness (QED) is 0.857. The second-order valence-corrected chi connectivity index (χ2v) is 4.69. The third kappa shape index (κ3) is 2.47. The molecule has 0 bridgehead atoms. The van der Waals surface area contributed by atoms with Crippen LogP contribution in [0.25, 0.3) is 0 Å². The van der Waals surface area contributed by atoms with Crippen LogP contribution >= 0.6 is 11.3 Å². The van der Waals surface area contributed by atoms with E-state index in [2.05, 4.69) is 4.98 Å². The lowest BCUT2D eigenvalue weighted by Gasteiger charge is -2.22. The van der Waals surface area contributed by atoms with Crippen molar-refractivity contribution in [3.8, 4) is 0 Å². The lowest BCUT2D eigenvalue weighted by atomic mass is 10.2. The van der Waals surface area contributed by atoms with E-state index in [4.69, 9.17) is 5.11 Å². The van der Waals surface area contributed by atoms with Gasteiger partial charge in [-0.15, -0.1) is 11.3 Å². The minimum atomic E-state index is -0.800. The Kier molecular flexibility index (Phi) is 3.68. The molecule has 0 saturated carbocycles. The van der Waals surface area contributed by atoms with Gasteiger partial charge >= 0.3 is 5.97 Å². The Morgan fingerprint density at radius 1 is 1.60 bits per heavy atom. The fourth-order valence-electron chi connectivity index (χ4n) is 1.35. The van der Waals surface area contributed by atoms with E-state index < -0.39 is 12.0 Å². The van der Waals surface area contributed by atoms with E-state index in [0.717, 1.165) is 15.7 Å². The number of nitrogens with zero attached hydrogens (tertiary/aromatic N) is 2. The summed E-state index contributed by atoms with van der Waals surface area (Å²) in [6.07, 6.45) is 0.573. The molecule has 1 rings (SSSR count). The first-order chi connectivity index (χ1) is 6.97. The van der Waals surface area contributed by atoms with E-state index in [0.29, 0.717) is 6.42 Å². The van der Waals surface area contributed by atoms with Crippen LogP contribution in [0.15, 0.2) is 0 Å². The van der Waals surface area contributed by atoms with Crippen LogP contribution in [-0.4, -0.2) is 29.1 Å². The standard InChI is InChI=1S/C10H16N2O2S/c1-5-8(9(13)14)12(4)10-11-6(2)7(3)15-10/h8H,5H2,1-4H3,(H,13,14). The molecule has 0 radical (unpaired) electrons. The highest BCUT2D eigenvalue weighted by atomic mass is 32.1. The number of carboxylic acids is 1. The number of likely N-dealkylation sites (N-methyl/N-ethyl adjacent to an activating group) is 1. The summed E-state index contributed by atoms with van der Waals surface area (Å²) in [5.74, 6) is -0.800. The molecule has 0 fully saturated rings. The Labute approximate surface area is 93.6 Å². The van der Waals surface area contributed by atoms with Gasteiger partial charge in [-0.3, -0.25) is 0 Å². The van der Waals surface area contributed by atoms with Gasteiger partial charge < -0.3 is 10.0 Å². The Balaban J connectivity index is 2.92. The van der Waals surface area contributed by atoms with Crippen molar-refractivity contribution < 1.29 is 9.90 Å². The Morgan fingerprint density at radius 3 is 2.53 bits per heavy atom. The summed E-state index contributed by atoms with van der Waals surface area (Å²) in [6.45, 7) is 5.79. The molecule has 1 aromatic heterocycles. The van der Waals surface area contributed by atoms with E-state index in [1.54, 1.807) is 11.9 Å². The molecule has 0 spiro atoms. The van der Waals surface area contributed by atoms with Gasteiger partial charge in [-0.2, -0.15) is 0 Å². The van der Waals surface area contributed by atoms with Crippen LogP contribution in [0.1, 0.15) is 23.9 Å². The summed E-state index contributed by atoms with van der Waals surface area (Å²) in [6, 6.07) is -0.491. The van der Waals surface area contributed by atoms with Gasteiger partial charge in [-0.25, -0.2) is 9.78 Å². The average Bonchev–Trinajstić information content (AvgIpc) is 2.47. The molecule has 1 aromatic rings. The highest BCUT2D eigenvalue weighted by Gasteiger charge is 2.23. The van der Waals surface area contributed by atoms with Crippen molar-refractivity contribution in [3.63, 3.8) is 0 Å². The van der Waals surface area contributed by atoms with E-state index in [-0.39, 0.29) is 0 Å². The molecule has 0 aliphatic carbocycles. The van der Waals surface area contributed by atoms with Gasteiger partial charge in [0, 0.05) is 11.9 Å². The Bertz CT molecular complexity index is 343. The van der Waals surface area contributed by atoms with Gasteiger partial charge in [0.25, 0.3) is 0 Å². The summed E-state index contributed by atoms with van der Waals surface area (Å²) in [5, 5.41) is 9.79. The number of anilines is 1. The first-order valence-corrected chi connectivity index (χ1v) is 5.68. The predicted octanol–water partition coefficient (Wildman–Crippen LogP) is 2.06. The molecule has 0 aliphatic heterocycles. The fraction of sp³-hybridized carbons (Fsp3) is 0.600. The van der Waals surface area contributed by atoms with Crippen molar-refractivity contribution in [3.05, 3.63) is 10.6 Å². The summed E-state index contributed by atoms with van der Waals surface area (Å²) in [5.41, 5.74) is 0.974. The summed E-state index contributed by atoms with van der Waals surface area (Å²) in [4.78, 5) is 18.2. The minimum Gasteiger partial charge on any atom is -0.480 e. The number of thiazole rings is 1. The van der Waals surface area contributed by atoms with E-state index in [1.807, 2.05) is 20.8 Å². The van der Waals surface area contributed by atoms with Crippen LogP contribution in [0.3, 0.4) is 0 Å². The van der Waals surface area contributed by atoms with Crippen molar-refractivity contribution in [1.29, 1.82) is 0 Å². The molecular formula is C10H16N2O2S. The zero-order chi connectivity index (χ0) is 11.6. The molecular weight excluding hydrogens is 212 g/mol. The number of aryl methyl sites for hydroxylation is 2. The smallest absolute Gasteiger partial charge is 0.326 e. The number of hydrogen-bond donors (Lipinski definition) is 1. The molecule has 0 amide bonds. The summed E-state index contributed by atoms with van der Waals surface area (Å²) in [7, 11) is 1.78. The fourth-order valence-corrected chi connectivity index (χ4v) is 2.28. The second kappa shape index (κ2) is 4.61.